The second-order valence-electron chi connectivity index (χ2n) is 8.23. The molecule has 1 unspecified atom stereocenters. The van der Waals surface area contributed by atoms with Gasteiger partial charge in [-0.2, -0.15) is 0 Å². The monoisotopic (exact) mass is 336 g/mol. The van der Waals surface area contributed by atoms with Gasteiger partial charge in [-0.1, -0.05) is 87.5 Å². The van der Waals surface area contributed by atoms with Gasteiger partial charge in [-0.25, -0.2) is 0 Å². The molecule has 4 aromatic carbocycles. The van der Waals surface area contributed by atoms with Crippen molar-refractivity contribution in [1.82, 2.24) is 0 Å². The molecule has 0 fully saturated rings. The molecule has 1 aliphatic carbocycles. The first-order chi connectivity index (χ1) is 12.5. The van der Waals surface area contributed by atoms with Crippen LogP contribution in [0.1, 0.15) is 37.5 Å². The number of hydrogen-bond donors (Lipinski definition) is 0. The van der Waals surface area contributed by atoms with Gasteiger partial charge in [0.15, 0.2) is 0 Å². The van der Waals surface area contributed by atoms with E-state index in [1.54, 1.807) is 0 Å². The van der Waals surface area contributed by atoms with E-state index in [4.69, 9.17) is 0 Å². The van der Waals surface area contributed by atoms with Crippen LogP contribution >= 0.6 is 0 Å². The summed E-state index contributed by atoms with van der Waals surface area (Å²) in [5.41, 5.74) is 7.30. The Morgan fingerprint density at radius 1 is 0.692 bits per heavy atom. The number of hydrogen-bond acceptors (Lipinski definition) is 0. The zero-order valence-corrected chi connectivity index (χ0v) is 15.9. The maximum Gasteiger partial charge on any atom is 0.0210 e. The van der Waals surface area contributed by atoms with E-state index in [0.29, 0.717) is 5.92 Å². The van der Waals surface area contributed by atoms with Gasteiger partial charge in [-0.05, 0) is 62.2 Å². The van der Waals surface area contributed by atoms with Crippen LogP contribution in [-0.2, 0) is 5.41 Å². The van der Waals surface area contributed by atoms with Crippen LogP contribution < -0.4 is 0 Å². The van der Waals surface area contributed by atoms with E-state index < -0.39 is 0 Å². The van der Waals surface area contributed by atoms with Crippen molar-refractivity contribution in [3.63, 3.8) is 0 Å². The van der Waals surface area contributed by atoms with Crippen LogP contribution in [0.3, 0.4) is 0 Å². The van der Waals surface area contributed by atoms with Gasteiger partial charge in [-0.3, -0.25) is 0 Å². The first-order valence-corrected chi connectivity index (χ1v) is 9.59. The van der Waals surface area contributed by atoms with Gasteiger partial charge in [0.1, 0.15) is 0 Å². The van der Waals surface area contributed by atoms with Crippen LogP contribution in [0.5, 0.6) is 0 Å². The van der Waals surface area contributed by atoms with Crippen molar-refractivity contribution in [3.8, 4) is 11.1 Å². The maximum absolute atomic E-state index is 2.45. The second kappa shape index (κ2) is 5.20. The Morgan fingerprint density at radius 3 is 2.04 bits per heavy atom. The molecular weight excluding hydrogens is 312 g/mol. The summed E-state index contributed by atoms with van der Waals surface area (Å²) in [6.45, 7) is 9.41. The Labute approximate surface area is 155 Å². The lowest BCUT2D eigenvalue weighted by atomic mass is 9.71. The van der Waals surface area contributed by atoms with Gasteiger partial charge in [0.2, 0.25) is 0 Å². The van der Waals surface area contributed by atoms with E-state index in [9.17, 15) is 0 Å². The largest absolute Gasteiger partial charge is 0.0616 e. The van der Waals surface area contributed by atoms with E-state index >= 15 is 0 Å². The molecule has 1 atom stereocenters. The third-order valence-electron chi connectivity index (χ3n) is 6.70. The molecule has 0 aliphatic heterocycles. The standard InChI is InChI=1S/C26H24/c1-16(2)26(4)22-14-13-18-9-5-6-11-20(18)24(22)25-21-12-8-7-10-19(21)17(3)15-23(25)26/h5-16H,1-4H3. The summed E-state index contributed by atoms with van der Waals surface area (Å²) in [5, 5.41) is 5.47. The molecule has 0 bridgehead atoms. The van der Waals surface area contributed by atoms with Crippen LogP contribution in [-0.4, -0.2) is 0 Å². The molecule has 4 aromatic rings. The Kier molecular flexibility index (Phi) is 3.13. The SMILES string of the molecule is Cc1cc2c(c3ccccc13)-c1c(ccc3ccccc13)C2(C)C(C)C. The molecule has 128 valence electrons. The van der Waals surface area contributed by atoms with E-state index in [1.807, 2.05) is 0 Å². The Balaban J connectivity index is 2.06. The van der Waals surface area contributed by atoms with Gasteiger partial charge >= 0.3 is 0 Å². The molecule has 26 heavy (non-hydrogen) atoms. The Bertz CT molecular complexity index is 1180. The highest BCUT2D eigenvalue weighted by Gasteiger charge is 2.43. The molecule has 0 N–H and O–H groups in total. The molecule has 0 heteroatoms. The smallest absolute Gasteiger partial charge is 0.0210 e. The van der Waals surface area contributed by atoms with E-state index in [1.165, 1.54) is 49.4 Å². The Hall–Kier alpha value is -2.60. The fraction of sp³-hybridized carbons (Fsp3) is 0.231. The first kappa shape index (κ1) is 15.6. The minimum absolute atomic E-state index is 0.0451. The van der Waals surface area contributed by atoms with Crippen molar-refractivity contribution < 1.29 is 0 Å². The number of rotatable bonds is 1. The van der Waals surface area contributed by atoms with Crippen molar-refractivity contribution in [3.05, 3.63) is 83.4 Å². The van der Waals surface area contributed by atoms with Crippen LogP contribution in [0.15, 0.2) is 66.7 Å². The topological polar surface area (TPSA) is 0 Å². The molecule has 1 aliphatic rings. The average molecular weight is 336 g/mol. The summed E-state index contributed by atoms with van der Waals surface area (Å²) in [7, 11) is 0. The fourth-order valence-electron chi connectivity index (χ4n) is 4.98. The predicted octanol–water partition coefficient (Wildman–Crippen LogP) is 7.24. The van der Waals surface area contributed by atoms with Crippen LogP contribution in [0.4, 0.5) is 0 Å². The predicted molar refractivity (Wildman–Crippen MR) is 113 cm³/mol. The molecular formula is C26H24. The van der Waals surface area contributed by atoms with Gasteiger partial charge in [0.25, 0.3) is 0 Å². The summed E-state index contributed by atoms with van der Waals surface area (Å²) in [6.07, 6.45) is 0. The minimum atomic E-state index is 0.0451. The number of benzene rings is 4. The molecule has 0 saturated heterocycles. The van der Waals surface area contributed by atoms with Crippen molar-refractivity contribution >= 4 is 21.5 Å². The van der Waals surface area contributed by atoms with Crippen molar-refractivity contribution in [1.29, 1.82) is 0 Å². The maximum atomic E-state index is 2.45. The van der Waals surface area contributed by atoms with Crippen LogP contribution in [0.25, 0.3) is 32.7 Å². The van der Waals surface area contributed by atoms with E-state index in [-0.39, 0.29) is 5.41 Å². The highest BCUT2D eigenvalue weighted by Crippen LogP contribution is 2.56. The highest BCUT2D eigenvalue weighted by molar-refractivity contribution is 6.11. The lowest BCUT2D eigenvalue weighted by Gasteiger charge is -2.32. The molecule has 0 saturated carbocycles. The lowest BCUT2D eigenvalue weighted by molar-refractivity contribution is 0.414. The molecule has 0 heterocycles. The molecule has 0 amide bonds. The van der Waals surface area contributed by atoms with Gasteiger partial charge < -0.3 is 0 Å². The number of fused-ring (bicyclic) bond motifs is 7. The quantitative estimate of drug-likeness (QED) is 0.343. The summed E-state index contributed by atoms with van der Waals surface area (Å²) in [6, 6.07) is 24.9. The summed E-state index contributed by atoms with van der Waals surface area (Å²) < 4.78 is 0. The zero-order chi connectivity index (χ0) is 18.1. The van der Waals surface area contributed by atoms with Crippen molar-refractivity contribution in [2.75, 3.05) is 0 Å². The number of aryl methyl sites for hydroxylation is 1. The summed E-state index contributed by atoms with van der Waals surface area (Å²) >= 11 is 0. The highest BCUT2D eigenvalue weighted by atomic mass is 14.5. The normalized spacial score (nSPS) is 18.5. The molecule has 5 rings (SSSR count). The van der Waals surface area contributed by atoms with Crippen molar-refractivity contribution in [2.24, 2.45) is 5.92 Å². The van der Waals surface area contributed by atoms with Gasteiger partial charge in [0.05, 0.1) is 0 Å². The molecule has 0 nitrogen and oxygen atoms in total. The average Bonchev–Trinajstić information content (AvgIpc) is 2.92. The fourth-order valence-corrected chi connectivity index (χ4v) is 4.98. The molecule has 0 radical (unpaired) electrons. The third-order valence-corrected chi connectivity index (χ3v) is 6.70. The van der Waals surface area contributed by atoms with Crippen LogP contribution in [0, 0.1) is 12.8 Å². The summed E-state index contributed by atoms with van der Waals surface area (Å²) in [4.78, 5) is 0. The van der Waals surface area contributed by atoms with E-state index in [2.05, 4.69) is 94.4 Å². The Morgan fingerprint density at radius 2 is 1.31 bits per heavy atom. The molecule has 0 spiro atoms. The second-order valence-corrected chi connectivity index (χ2v) is 8.23. The van der Waals surface area contributed by atoms with Gasteiger partial charge in [-0.15, -0.1) is 0 Å². The van der Waals surface area contributed by atoms with Gasteiger partial charge in [0, 0.05) is 5.41 Å². The zero-order valence-electron chi connectivity index (χ0n) is 15.9. The summed E-state index contributed by atoms with van der Waals surface area (Å²) in [5.74, 6) is 0.532. The lowest BCUT2D eigenvalue weighted by Crippen LogP contribution is -2.27. The third kappa shape index (κ3) is 1.80. The molecule has 0 aromatic heterocycles. The first-order valence-electron chi connectivity index (χ1n) is 9.59. The van der Waals surface area contributed by atoms with Crippen molar-refractivity contribution in [2.45, 2.75) is 33.1 Å². The van der Waals surface area contributed by atoms with Crippen LogP contribution in [0.2, 0.25) is 0 Å². The van der Waals surface area contributed by atoms with E-state index in [0.717, 1.165) is 0 Å². The minimum Gasteiger partial charge on any atom is -0.0616 e.